The van der Waals surface area contributed by atoms with Crippen molar-refractivity contribution < 1.29 is 14.0 Å². The van der Waals surface area contributed by atoms with E-state index in [1.807, 2.05) is 60.0 Å². The van der Waals surface area contributed by atoms with Crippen molar-refractivity contribution in [3.05, 3.63) is 99.7 Å². The summed E-state index contributed by atoms with van der Waals surface area (Å²) in [7, 11) is 0. The van der Waals surface area contributed by atoms with Crippen LogP contribution >= 0.6 is 27.3 Å². The van der Waals surface area contributed by atoms with E-state index in [0.29, 0.717) is 16.3 Å². The minimum absolute atomic E-state index is 0.177. The molecular weight excluding hydrogens is 476 g/mol. The molecule has 156 valence electrons. The first-order valence-electron chi connectivity index (χ1n) is 9.62. The molecule has 0 aliphatic heterocycles. The highest BCUT2D eigenvalue weighted by molar-refractivity contribution is 9.10. The molecule has 2 aromatic heterocycles. The Hall–Kier alpha value is -3.16. The molecule has 0 fully saturated rings. The Morgan fingerprint density at radius 3 is 2.45 bits per heavy atom. The van der Waals surface area contributed by atoms with Crippen LogP contribution in [0.15, 0.2) is 87.3 Å². The zero-order valence-corrected chi connectivity index (χ0v) is 18.8. The highest BCUT2D eigenvalue weighted by Gasteiger charge is 2.22. The maximum Gasteiger partial charge on any atom is 0.255 e. The first-order valence-corrected chi connectivity index (χ1v) is 11.3. The SMILES string of the molecule is O=C(Cc1ccc(Br)cc1)Nc1scc(-c2ccccc2)c1C(=O)NCc1ccco1. The lowest BCUT2D eigenvalue weighted by Gasteiger charge is -2.10. The number of hydrogen-bond acceptors (Lipinski definition) is 4. The fourth-order valence-corrected chi connectivity index (χ4v) is 4.38. The Bertz CT molecular complexity index is 1170. The Labute approximate surface area is 192 Å². The number of hydrogen-bond donors (Lipinski definition) is 2. The molecule has 0 saturated heterocycles. The van der Waals surface area contributed by atoms with E-state index in [1.165, 1.54) is 11.3 Å². The normalized spacial score (nSPS) is 10.6. The lowest BCUT2D eigenvalue weighted by molar-refractivity contribution is -0.115. The molecule has 0 bridgehead atoms. The van der Waals surface area contributed by atoms with Crippen molar-refractivity contribution in [3.63, 3.8) is 0 Å². The number of carbonyl (C=O) groups excluding carboxylic acids is 2. The molecule has 0 aliphatic carbocycles. The summed E-state index contributed by atoms with van der Waals surface area (Å²) in [5.41, 5.74) is 3.04. The van der Waals surface area contributed by atoms with Crippen LogP contribution in [0.5, 0.6) is 0 Å². The second-order valence-electron chi connectivity index (χ2n) is 6.83. The van der Waals surface area contributed by atoms with Gasteiger partial charge in [-0.15, -0.1) is 11.3 Å². The Balaban J connectivity index is 1.57. The van der Waals surface area contributed by atoms with Crippen molar-refractivity contribution in [1.29, 1.82) is 0 Å². The number of rotatable bonds is 7. The molecule has 2 heterocycles. The summed E-state index contributed by atoms with van der Waals surface area (Å²) in [5, 5.41) is 8.23. The lowest BCUT2D eigenvalue weighted by atomic mass is 10.0. The van der Waals surface area contributed by atoms with E-state index in [0.717, 1.165) is 21.2 Å². The molecule has 4 rings (SSSR count). The van der Waals surface area contributed by atoms with E-state index < -0.39 is 0 Å². The molecule has 0 spiro atoms. The minimum atomic E-state index is -0.268. The zero-order valence-electron chi connectivity index (χ0n) is 16.4. The Morgan fingerprint density at radius 2 is 1.74 bits per heavy atom. The van der Waals surface area contributed by atoms with Gasteiger partial charge in [0.15, 0.2) is 0 Å². The molecule has 2 aromatic carbocycles. The van der Waals surface area contributed by atoms with Crippen molar-refractivity contribution in [2.24, 2.45) is 0 Å². The van der Waals surface area contributed by atoms with Gasteiger partial charge in [-0.3, -0.25) is 9.59 Å². The molecular formula is C24H19BrN2O3S. The second-order valence-corrected chi connectivity index (χ2v) is 8.63. The molecule has 7 heteroatoms. The van der Waals surface area contributed by atoms with Gasteiger partial charge in [0.2, 0.25) is 5.91 Å². The first-order chi connectivity index (χ1) is 15.1. The molecule has 0 atom stereocenters. The van der Waals surface area contributed by atoms with Crippen LogP contribution in [0.4, 0.5) is 5.00 Å². The van der Waals surface area contributed by atoms with Crippen LogP contribution in [-0.2, 0) is 17.8 Å². The van der Waals surface area contributed by atoms with Crippen molar-refractivity contribution >= 4 is 44.1 Å². The second kappa shape index (κ2) is 9.76. The summed E-state index contributed by atoms with van der Waals surface area (Å²) in [6.45, 7) is 0.266. The maximum atomic E-state index is 13.1. The van der Waals surface area contributed by atoms with Crippen molar-refractivity contribution in [2.75, 3.05) is 5.32 Å². The lowest BCUT2D eigenvalue weighted by Crippen LogP contribution is -2.24. The zero-order chi connectivity index (χ0) is 21.6. The van der Waals surface area contributed by atoms with Crippen LogP contribution in [0, 0.1) is 0 Å². The number of benzene rings is 2. The third kappa shape index (κ3) is 5.31. The Morgan fingerprint density at radius 1 is 0.968 bits per heavy atom. The molecule has 4 aromatic rings. The highest BCUT2D eigenvalue weighted by Crippen LogP contribution is 2.35. The maximum absolute atomic E-state index is 13.1. The van der Waals surface area contributed by atoms with Gasteiger partial charge < -0.3 is 15.1 Å². The van der Waals surface area contributed by atoms with Crippen LogP contribution in [-0.4, -0.2) is 11.8 Å². The van der Waals surface area contributed by atoms with Gasteiger partial charge in [0, 0.05) is 15.4 Å². The van der Waals surface area contributed by atoms with Crippen LogP contribution in [0.1, 0.15) is 21.7 Å². The predicted molar refractivity (Wildman–Crippen MR) is 126 cm³/mol. The summed E-state index contributed by atoms with van der Waals surface area (Å²) in [5.74, 6) is 0.213. The number of furan rings is 1. The van der Waals surface area contributed by atoms with Gasteiger partial charge in [-0.2, -0.15) is 0 Å². The highest BCUT2D eigenvalue weighted by atomic mass is 79.9. The molecule has 0 unspecified atom stereocenters. The van der Waals surface area contributed by atoms with E-state index in [2.05, 4.69) is 26.6 Å². The number of anilines is 1. The number of nitrogens with one attached hydrogen (secondary N) is 2. The summed E-state index contributed by atoms with van der Waals surface area (Å²) in [4.78, 5) is 25.8. The Kier molecular flexibility index (Phi) is 6.64. The number of carbonyl (C=O) groups is 2. The number of thiophene rings is 1. The van der Waals surface area contributed by atoms with E-state index in [1.54, 1.807) is 18.4 Å². The van der Waals surface area contributed by atoms with Gasteiger partial charge in [-0.1, -0.05) is 58.4 Å². The van der Waals surface area contributed by atoms with Gasteiger partial charge in [-0.05, 0) is 35.4 Å². The summed E-state index contributed by atoms with van der Waals surface area (Å²) < 4.78 is 6.26. The fraction of sp³-hybridized carbons (Fsp3) is 0.0833. The molecule has 31 heavy (non-hydrogen) atoms. The molecule has 5 nitrogen and oxygen atoms in total. The van der Waals surface area contributed by atoms with Crippen molar-refractivity contribution in [1.82, 2.24) is 5.32 Å². The molecule has 2 amide bonds. The van der Waals surface area contributed by atoms with Gasteiger partial charge in [0.05, 0.1) is 24.8 Å². The van der Waals surface area contributed by atoms with Crippen LogP contribution in [0.3, 0.4) is 0 Å². The molecule has 0 radical (unpaired) electrons. The third-order valence-electron chi connectivity index (χ3n) is 4.64. The number of halogens is 1. The quantitative estimate of drug-likeness (QED) is 0.336. The largest absolute Gasteiger partial charge is 0.467 e. The average molecular weight is 495 g/mol. The van der Waals surface area contributed by atoms with E-state index in [-0.39, 0.29) is 24.8 Å². The van der Waals surface area contributed by atoms with Gasteiger partial charge in [0.1, 0.15) is 10.8 Å². The monoisotopic (exact) mass is 494 g/mol. The summed E-state index contributed by atoms with van der Waals surface area (Å²) in [6.07, 6.45) is 1.79. The van der Waals surface area contributed by atoms with E-state index >= 15 is 0 Å². The van der Waals surface area contributed by atoms with Gasteiger partial charge in [-0.25, -0.2) is 0 Å². The topological polar surface area (TPSA) is 71.3 Å². The van der Waals surface area contributed by atoms with Gasteiger partial charge >= 0.3 is 0 Å². The fourth-order valence-electron chi connectivity index (χ4n) is 3.13. The standard InChI is InChI=1S/C24H19BrN2O3S/c25-18-10-8-16(9-11-18)13-21(28)27-24-22(23(29)26-14-19-7-4-12-30-19)20(15-31-24)17-5-2-1-3-6-17/h1-12,15H,13-14H2,(H,26,29)(H,27,28). The molecule has 2 N–H and O–H groups in total. The smallest absolute Gasteiger partial charge is 0.255 e. The van der Waals surface area contributed by atoms with E-state index in [4.69, 9.17) is 4.42 Å². The first kappa shape index (κ1) is 21.1. The van der Waals surface area contributed by atoms with Crippen LogP contribution < -0.4 is 10.6 Å². The van der Waals surface area contributed by atoms with Crippen LogP contribution in [0.2, 0.25) is 0 Å². The third-order valence-corrected chi connectivity index (χ3v) is 6.06. The van der Waals surface area contributed by atoms with Crippen molar-refractivity contribution in [3.8, 4) is 11.1 Å². The summed E-state index contributed by atoms with van der Waals surface area (Å²) >= 11 is 4.74. The number of amides is 2. The van der Waals surface area contributed by atoms with Crippen LogP contribution in [0.25, 0.3) is 11.1 Å². The summed E-state index contributed by atoms with van der Waals surface area (Å²) in [6, 6.07) is 20.8. The minimum Gasteiger partial charge on any atom is -0.467 e. The van der Waals surface area contributed by atoms with Crippen molar-refractivity contribution in [2.45, 2.75) is 13.0 Å². The molecule has 0 aliphatic rings. The van der Waals surface area contributed by atoms with Gasteiger partial charge in [0.25, 0.3) is 5.91 Å². The predicted octanol–water partition coefficient (Wildman–Crippen LogP) is 5.88. The van der Waals surface area contributed by atoms with E-state index in [9.17, 15) is 9.59 Å². The average Bonchev–Trinajstić information content (AvgIpc) is 3.44. The molecule has 0 saturated carbocycles.